The van der Waals surface area contributed by atoms with E-state index in [2.05, 4.69) is 40.7 Å². The highest BCUT2D eigenvalue weighted by Crippen LogP contribution is 2.16. The second-order valence-corrected chi connectivity index (χ2v) is 4.23. The number of hydrogen-bond donors (Lipinski definition) is 0. The van der Waals surface area contributed by atoms with Crippen molar-refractivity contribution in [3.63, 3.8) is 0 Å². The lowest BCUT2D eigenvalue weighted by Crippen LogP contribution is -2.09. The molecule has 0 saturated carbocycles. The first-order chi connectivity index (χ1) is 7.81. The van der Waals surface area contributed by atoms with Gasteiger partial charge in [-0.25, -0.2) is 4.98 Å². The number of halogens is 2. The van der Waals surface area contributed by atoms with Gasteiger partial charge in [0.2, 0.25) is 0 Å². The minimum Gasteiger partial charge on any atom is -0.330 e. The highest BCUT2D eigenvalue weighted by atomic mass is 35.5. The Morgan fingerprint density at radius 2 is 2.00 bits per heavy atom. The van der Waals surface area contributed by atoms with Crippen molar-refractivity contribution in [1.82, 2.24) is 9.55 Å². The van der Waals surface area contributed by atoms with Gasteiger partial charge in [-0.1, -0.05) is 30.3 Å². The van der Waals surface area contributed by atoms with Gasteiger partial charge >= 0.3 is 0 Å². The van der Waals surface area contributed by atoms with Gasteiger partial charge in [-0.05, 0) is 18.9 Å². The van der Waals surface area contributed by atoms with E-state index in [4.69, 9.17) is 11.6 Å². The Balaban J connectivity index is 0.00000144. The van der Waals surface area contributed by atoms with Crippen molar-refractivity contribution in [3.8, 4) is 0 Å². The molecular formula is C13H16Cl2N2. The van der Waals surface area contributed by atoms with Gasteiger partial charge in [0.15, 0.2) is 0 Å². The summed E-state index contributed by atoms with van der Waals surface area (Å²) in [5.74, 6) is 0.513. The SMILES string of the molecule is CC(Cc1ccccc1)n1cncc1CCl.Cl. The van der Waals surface area contributed by atoms with Crippen LogP contribution in [0.25, 0.3) is 0 Å². The molecule has 1 unspecified atom stereocenters. The van der Waals surface area contributed by atoms with E-state index in [9.17, 15) is 0 Å². The van der Waals surface area contributed by atoms with E-state index >= 15 is 0 Å². The van der Waals surface area contributed by atoms with Crippen molar-refractivity contribution in [2.45, 2.75) is 25.3 Å². The highest BCUT2D eigenvalue weighted by molar-refractivity contribution is 6.16. The van der Waals surface area contributed by atoms with Gasteiger partial charge in [0.05, 0.1) is 17.9 Å². The fourth-order valence-electron chi connectivity index (χ4n) is 1.89. The Bertz CT molecular complexity index is 440. The van der Waals surface area contributed by atoms with Crippen molar-refractivity contribution >= 4 is 24.0 Å². The predicted molar refractivity (Wildman–Crippen MR) is 73.9 cm³/mol. The molecule has 0 N–H and O–H groups in total. The molecule has 1 aromatic carbocycles. The lowest BCUT2D eigenvalue weighted by molar-refractivity contribution is 0.531. The van der Waals surface area contributed by atoms with Crippen molar-refractivity contribution in [2.24, 2.45) is 0 Å². The molecular weight excluding hydrogens is 255 g/mol. The molecule has 0 spiro atoms. The van der Waals surface area contributed by atoms with Gasteiger partial charge in [-0.2, -0.15) is 0 Å². The predicted octanol–water partition coefficient (Wildman–Crippen LogP) is 3.85. The van der Waals surface area contributed by atoms with Crippen LogP contribution in [0.4, 0.5) is 0 Å². The fourth-order valence-corrected chi connectivity index (χ4v) is 2.09. The van der Waals surface area contributed by atoms with Crippen LogP contribution in [-0.4, -0.2) is 9.55 Å². The largest absolute Gasteiger partial charge is 0.330 e. The summed E-state index contributed by atoms with van der Waals surface area (Å²) in [6.07, 6.45) is 4.68. The minimum absolute atomic E-state index is 0. The first kappa shape index (κ1) is 14.1. The summed E-state index contributed by atoms with van der Waals surface area (Å²) in [4.78, 5) is 4.13. The molecule has 0 fully saturated rings. The minimum atomic E-state index is 0. The second-order valence-electron chi connectivity index (χ2n) is 3.96. The second kappa shape index (κ2) is 6.67. The van der Waals surface area contributed by atoms with Crippen molar-refractivity contribution in [2.75, 3.05) is 0 Å². The van der Waals surface area contributed by atoms with E-state index < -0.39 is 0 Å². The summed E-state index contributed by atoms with van der Waals surface area (Å²) < 4.78 is 2.14. The van der Waals surface area contributed by atoms with E-state index in [1.165, 1.54) is 5.56 Å². The van der Waals surface area contributed by atoms with Crippen molar-refractivity contribution in [3.05, 3.63) is 54.1 Å². The maximum absolute atomic E-state index is 5.86. The normalized spacial score (nSPS) is 11.9. The fraction of sp³-hybridized carbons (Fsp3) is 0.308. The topological polar surface area (TPSA) is 17.8 Å². The van der Waals surface area contributed by atoms with Crippen LogP contribution in [0.2, 0.25) is 0 Å². The Labute approximate surface area is 113 Å². The third-order valence-electron chi connectivity index (χ3n) is 2.73. The molecule has 2 rings (SSSR count). The van der Waals surface area contributed by atoms with E-state index in [0.29, 0.717) is 11.9 Å². The zero-order valence-electron chi connectivity index (χ0n) is 9.71. The van der Waals surface area contributed by atoms with E-state index in [1.807, 2.05) is 18.6 Å². The summed E-state index contributed by atoms with van der Waals surface area (Å²) in [5.41, 5.74) is 2.41. The summed E-state index contributed by atoms with van der Waals surface area (Å²) in [5, 5.41) is 0. The molecule has 0 aliphatic rings. The molecule has 1 heterocycles. The van der Waals surface area contributed by atoms with E-state index in [1.54, 1.807) is 0 Å². The van der Waals surface area contributed by atoms with Gasteiger partial charge in [0.25, 0.3) is 0 Å². The van der Waals surface area contributed by atoms with Crippen molar-refractivity contribution in [1.29, 1.82) is 0 Å². The lowest BCUT2D eigenvalue weighted by atomic mass is 10.1. The smallest absolute Gasteiger partial charge is 0.0951 e. The molecule has 4 heteroatoms. The number of alkyl halides is 1. The maximum Gasteiger partial charge on any atom is 0.0951 e. The first-order valence-corrected chi connectivity index (χ1v) is 5.95. The molecule has 92 valence electrons. The average Bonchev–Trinajstić information content (AvgIpc) is 2.78. The molecule has 0 aliphatic carbocycles. The summed E-state index contributed by atoms with van der Waals surface area (Å²) in [7, 11) is 0. The Hall–Kier alpha value is -0.990. The Morgan fingerprint density at radius 3 is 2.65 bits per heavy atom. The number of nitrogens with zero attached hydrogens (tertiary/aromatic N) is 2. The van der Waals surface area contributed by atoms with Gasteiger partial charge in [-0.15, -0.1) is 24.0 Å². The molecule has 2 aromatic rings. The quantitative estimate of drug-likeness (QED) is 0.772. The average molecular weight is 271 g/mol. The Kier molecular flexibility index (Phi) is 5.52. The van der Waals surface area contributed by atoms with Crippen LogP contribution >= 0.6 is 24.0 Å². The number of hydrogen-bond acceptors (Lipinski definition) is 1. The monoisotopic (exact) mass is 270 g/mol. The van der Waals surface area contributed by atoms with Crippen LogP contribution in [0, 0.1) is 0 Å². The van der Waals surface area contributed by atoms with Crippen LogP contribution in [0.3, 0.4) is 0 Å². The van der Waals surface area contributed by atoms with Crippen LogP contribution in [0.15, 0.2) is 42.9 Å². The van der Waals surface area contributed by atoms with Crippen molar-refractivity contribution < 1.29 is 0 Å². The van der Waals surface area contributed by atoms with Crippen LogP contribution in [-0.2, 0) is 12.3 Å². The third kappa shape index (κ3) is 3.48. The van der Waals surface area contributed by atoms with Crippen LogP contribution in [0.1, 0.15) is 24.2 Å². The first-order valence-electron chi connectivity index (χ1n) is 5.42. The summed E-state index contributed by atoms with van der Waals surface area (Å²) in [6, 6.07) is 10.9. The van der Waals surface area contributed by atoms with Crippen LogP contribution < -0.4 is 0 Å². The summed E-state index contributed by atoms with van der Waals surface area (Å²) >= 11 is 5.86. The number of aromatic nitrogens is 2. The molecule has 0 bridgehead atoms. The lowest BCUT2D eigenvalue weighted by Gasteiger charge is -2.15. The number of benzene rings is 1. The maximum atomic E-state index is 5.86. The zero-order valence-corrected chi connectivity index (χ0v) is 11.3. The van der Waals surface area contributed by atoms with E-state index in [-0.39, 0.29) is 12.4 Å². The molecule has 17 heavy (non-hydrogen) atoms. The molecule has 0 radical (unpaired) electrons. The zero-order chi connectivity index (χ0) is 11.4. The molecule has 0 amide bonds. The van der Waals surface area contributed by atoms with E-state index in [0.717, 1.165) is 12.1 Å². The Morgan fingerprint density at radius 1 is 1.29 bits per heavy atom. The molecule has 1 atom stereocenters. The number of rotatable bonds is 4. The van der Waals surface area contributed by atoms with Gasteiger partial charge in [-0.3, -0.25) is 0 Å². The van der Waals surface area contributed by atoms with Gasteiger partial charge in [0, 0.05) is 12.2 Å². The number of imidazole rings is 1. The molecule has 1 aromatic heterocycles. The molecule has 0 aliphatic heterocycles. The highest BCUT2D eigenvalue weighted by Gasteiger charge is 2.09. The molecule has 0 saturated heterocycles. The standard InChI is InChI=1S/C13H15ClN2.ClH/c1-11(7-12-5-3-2-4-6-12)16-10-15-9-13(16)8-14;/h2-6,9-11H,7-8H2,1H3;1H. The summed E-state index contributed by atoms with van der Waals surface area (Å²) in [6.45, 7) is 2.19. The molecule has 2 nitrogen and oxygen atoms in total. The van der Waals surface area contributed by atoms with Gasteiger partial charge in [0.1, 0.15) is 0 Å². The van der Waals surface area contributed by atoms with Crippen LogP contribution in [0.5, 0.6) is 0 Å². The van der Waals surface area contributed by atoms with Gasteiger partial charge < -0.3 is 4.57 Å². The third-order valence-corrected chi connectivity index (χ3v) is 3.01.